The van der Waals surface area contributed by atoms with Crippen molar-refractivity contribution in [3.8, 4) is 0 Å². The lowest BCUT2D eigenvalue weighted by Crippen LogP contribution is -1.99. The van der Waals surface area contributed by atoms with E-state index in [0.29, 0.717) is 22.9 Å². The van der Waals surface area contributed by atoms with Crippen LogP contribution in [0.25, 0.3) is 0 Å². The van der Waals surface area contributed by atoms with E-state index in [2.05, 4.69) is 10.3 Å². The van der Waals surface area contributed by atoms with Crippen LogP contribution in [0, 0.1) is 0 Å². The summed E-state index contributed by atoms with van der Waals surface area (Å²) < 4.78 is 0. The predicted octanol–water partition coefficient (Wildman–Crippen LogP) is 3.89. The van der Waals surface area contributed by atoms with Crippen LogP contribution in [0.2, 0.25) is 5.02 Å². The molecule has 2 rings (SSSR count). The fourth-order valence-electron chi connectivity index (χ4n) is 1.87. The van der Waals surface area contributed by atoms with Gasteiger partial charge >= 0.3 is 11.9 Å². The van der Waals surface area contributed by atoms with E-state index in [1.807, 2.05) is 6.92 Å². The molecule has 0 fully saturated rings. The van der Waals surface area contributed by atoms with Gasteiger partial charge in [0.15, 0.2) is 5.13 Å². The molecule has 1 aromatic carbocycles. The number of halogens is 1. The van der Waals surface area contributed by atoms with Gasteiger partial charge < -0.3 is 15.5 Å². The maximum Gasteiger partial charge on any atom is 0.347 e. The molecule has 6 nitrogen and oxygen atoms in total. The molecule has 0 bridgehead atoms. The van der Waals surface area contributed by atoms with Crippen LogP contribution in [0.1, 0.15) is 39.1 Å². The number of carboxylic acid groups (broad SMARTS) is 2. The molecule has 0 aliphatic carbocycles. The molecule has 0 aliphatic rings. The second-order valence-corrected chi connectivity index (χ2v) is 5.88. The lowest BCUT2D eigenvalue weighted by molar-refractivity contribution is 0.0688. The van der Waals surface area contributed by atoms with Crippen LogP contribution in [0.3, 0.4) is 0 Å². The lowest BCUT2D eigenvalue weighted by Gasteiger charge is -2.05. The Hall–Kier alpha value is -2.12. The van der Waals surface area contributed by atoms with Crippen molar-refractivity contribution in [2.24, 2.45) is 0 Å². The Kier molecular flexibility index (Phi) is 4.99. The van der Waals surface area contributed by atoms with Crippen molar-refractivity contribution < 1.29 is 19.8 Å². The van der Waals surface area contributed by atoms with Crippen molar-refractivity contribution in [2.75, 3.05) is 5.32 Å². The largest absolute Gasteiger partial charge is 0.478 e. The summed E-state index contributed by atoms with van der Waals surface area (Å²) >= 11 is 6.83. The minimum Gasteiger partial charge on any atom is -0.478 e. The van der Waals surface area contributed by atoms with E-state index in [9.17, 15) is 14.7 Å². The molecule has 1 aromatic heterocycles. The summed E-state index contributed by atoms with van der Waals surface area (Å²) in [4.78, 5) is 26.7. The Bertz CT molecular complexity index is 730. The van der Waals surface area contributed by atoms with Crippen molar-refractivity contribution in [1.29, 1.82) is 0 Å². The number of nitrogens with zero attached hydrogens (tertiary/aromatic N) is 1. The van der Waals surface area contributed by atoms with Gasteiger partial charge in [-0.1, -0.05) is 36.3 Å². The third kappa shape index (κ3) is 3.55. The predicted molar refractivity (Wildman–Crippen MR) is 84.8 cm³/mol. The van der Waals surface area contributed by atoms with Gasteiger partial charge in [-0.15, -0.1) is 0 Å². The molecular weight excluding hydrogens is 328 g/mol. The molecule has 3 N–H and O–H groups in total. The van der Waals surface area contributed by atoms with Crippen molar-refractivity contribution in [2.45, 2.75) is 19.8 Å². The van der Waals surface area contributed by atoms with Crippen molar-refractivity contribution in [3.63, 3.8) is 0 Å². The quantitative estimate of drug-likeness (QED) is 0.737. The summed E-state index contributed by atoms with van der Waals surface area (Å²) in [5, 5.41) is 21.7. The molecule has 0 atom stereocenters. The van der Waals surface area contributed by atoms with Crippen molar-refractivity contribution in [1.82, 2.24) is 4.98 Å². The molecule has 0 radical (unpaired) electrons. The monoisotopic (exact) mass is 340 g/mol. The number of aromatic nitrogens is 1. The number of carboxylic acids is 2. The van der Waals surface area contributed by atoms with Crippen LogP contribution >= 0.6 is 22.9 Å². The number of nitrogens with one attached hydrogen (secondary N) is 1. The third-order valence-electron chi connectivity index (χ3n) is 2.83. The summed E-state index contributed by atoms with van der Waals surface area (Å²) in [5.41, 5.74) is 0.973. The van der Waals surface area contributed by atoms with Gasteiger partial charge in [-0.3, -0.25) is 0 Å². The number of hydrogen-bond donors (Lipinski definition) is 3. The first-order chi connectivity index (χ1) is 10.4. The van der Waals surface area contributed by atoms with E-state index >= 15 is 0 Å². The van der Waals surface area contributed by atoms with Gasteiger partial charge in [-0.25, -0.2) is 14.6 Å². The van der Waals surface area contributed by atoms with Crippen LogP contribution < -0.4 is 5.32 Å². The average molecular weight is 341 g/mol. The standard InChI is InChI=1S/C14H13ClN2O4S/c1-2-3-10-11(13(20)21)22-14(17-10)16-7-4-5-9(15)8(6-7)12(18)19/h4-6H,2-3H2,1H3,(H,16,17)(H,18,19)(H,20,21). The van der Waals surface area contributed by atoms with E-state index in [1.165, 1.54) is 12.1 Å². The second kappa shape index (κ2) is 6.76. The zero-order chi connectivity index (χ0) is 16.3. The highest BCUT2D eigenvalue weighted by atomic mass is 35.5. The van der Waals surface area contributed by atoms with E-state index in [1.54, 1.807) is 6.07 Å². The molecule has 0 aliphatic heterocycles. The Balaban J connectivity index is 2.31. The number of aromatic carboxylic acids is 2. The highest BCUT2D eigenvalue weighted by Crippen LogP contribution is 2.28. The number of thiazole rings is 1. The fourth-order valence-corrected chi connectivity index (χ4v) is 2.94. The summed E-state index contributed by atoms with van der Waals surface area (Å²) in [5.74, 6) is -2.15. The number of hydrogen-bond acceptors (Lipinski definition) is 5. The molecule has 0 spiro atoms. The van der Waals surface area contributed by atoms with Crippen LogP contribution in [-0.2, 0) is 6.42 Å². The summed E-state index contributed by atoms with van der Waals surface area (Å²) in [6.45, 7) is 1.94. The number of anilines is 2. The van der Waals surface area contributed by atoms with Crippen LogP contribution in [0.5, 0.6) is 0 Å². The molecule has 0 saturated carbocycles. The number of aryl methyl sites for hydroxylation is 1. The zero-order valence-corrected chi connectivity index (χ0v) is 13.2. The summed E-state index contributed by atoms with van der Waals surface area (Å²) in [6, 6.07) is 4.45. The molecular formula is C14H13ClN2O4S. The van der Waals surface area contributed by atoms with Gasteiger partial charge in [0, 0.05) is 5.69 Å². The molecule has 0 saturated heterocycles. The molecule has 0 amide bonds. The highest BCUT2D eigenvalue weighted by Gasteiger charge is 2.17. The minimum atomic E-state index is -1.13. The van der Waals surface area contributed by atoms with Crippen LogP contribution in [0.4, 0.5) is 10.8 Å². The molecule has 116 valence electrons. The Morgan fingerprint density at radius 3 is 2.64 bits per heavy atom. The Labute approximate surface area is 135 Å². The van der Waals surface area contributed by atoms with Gasteiger partial charge in [0.1, 0.15) is 4.88 Å². The van der Waals surface area contributed by atoms with Crippen LogP contribution in [0.15, 0.2) is 18.2 Å². The van der Waals surface area contributed by atoms with Gasteiger partial charge in [0.25, 0.3) is 0 Å². The normalized spacial score (nSPS) is 10.5. The van der Waals surface area contributed by atoms with Gasteiger partial charge in [0.2, 0.25) is 0 Å². The average Bonchev–Trinajstić information content (AvgIpc) is 2.84. The lowest BCUT2D eigenvalue weighted by atomic mass is 10.2. The van der Waals surface area contributed by atoms with E-state index in [-0.39, 0.29) is 15.5 Å². The Morgan fingerprint density at radius 1 is 1.32 bits per heavy atom. The highest BCUT2D eigenvalue weighted by molar-refractivity contribution is 7.17. The van der Waals surface area contributed by atoms with Gasteiger partial charge in [-0.2, -0.15) is 0 Å². The van der Waals surface area contributed by atoms with E-state index in [4.69, 9.17) is 16.7 Å². The summed E-state index contributed by atoms with van der Waals surface area (Å²) in [6.07, 6.45) is 1.36. The van der Waals surface area contributed by atoms with Gasteiger partial charge in [-0.05, 0) is 24.6 Å². The number of benzene rings is 1. The Morgan fingerprint density at radius 2 is 2.05 bits per heavy atom. The number of rotatable bonds is 6. The zero-order valence-electron chi connectivity index (χ0n) is 11.6. The van der Waals surface area contributed by atoms with E-state index < -0.39 is 11.9 Å². The van der Waals surface area contributed by atoms with Gasteiger partial charge in [0.05, 0.1) is 16.3 Å². The molecule has 1 heterocycles. The van der Waals surface area contributed by atoms with Crippen molar-refractivity contribution >= 4 is 45.7 Å². The van der Waals surface area contributed by atoms with Crippen LogP contribution in [-0.4, -0.2) is 27.1 Å². The molecule has 8 heteroatoms. The first-order valence-corrected chi connectivity index (χ1v) is 7.64. The third-order valence-corrected chi connectivity index (χ3v) is 4.16. The first kappa shape index (κ1) is 16.3. The topological polar surface area (TPSA) is 99.5 Å². The van der Waals surface area contributed by atoms with Crippen molar-refractivity contribution in [3.05, 3.63) is 39.4 Å². The maximum absolute atomic E-state index is 11.2. The smallest absolute Gasteiger partial charge is 0.347 e. The van der Waals surface area contributed by atoms with E-state index in [0.717, 1.165) is 17.8 Å². The first-order valence-electron chi connectivity index (χ1n) is 6.45. The minimum absolute atomic E-state index is 0.0320. The maximum atomic E-state index is 11.2. The summed E-state index contributed by atoms with van der Waals surface area (Å²) in [7, 11) is 0. The second-order valence-electron chi connectivity index (χ2n) is 4.47. The molecule has 0 unspecified atom stereocenters. The molecule has 22 heavy (non-hydrogen) atoms. The SMILES string of the molecule is CCCc1nc(Nc2ccc(Cl)c(C(=O)O)c2)sc1C(=O)O. The number of carbonyl (C=O) groups is 2. The fraction of sp³-hybridized carbons (Fsp3) is 0.214. The molecule has 2 aromatic rings.